The number of rotatable bonds is 7. The first-order valence-electron chi connectivity index (χ1n) is 22.4. The van der Waals surface area contributed by atoms with Crippen molar-refractivity contribution < 1.29 is 42.5 Å². The molecule has 1 aliphatic carbocycles. The lowest BCUT2D eigenvalue weighted by atomic mass is 9.47. The molecule has 2 saturated heterocycles. The zero-order chi connectivity index (χ0) is 43.4. The van der Waals surface area contributed by atoms with E-state index in [2.05, 4.69) is 21.7 Å². The summed E-state index contributed by atoms with van der Waals surface area (Å²) >= 11 is 0. The van der Waals surface area contributed by atoms with Gasteiger partial charge in [-0.25, -0.2) is 4.79 Å². The number of esters is 3. The maximum absolute atomic E-state index is 15.6. The minimum atomic E-state index is -3.06. The highest BCUT2D eigenvalue weighted by Crippen LogP contribution is 2.68. The van der Waals surface area contributed by atoms with Crippen molar-refractivity contribution in [1.29, 1.82) is 0 Å². The first-order chi connectivity index (χ1) is 29.0. The van der Waals surface area contributed by atoms with Gasteiger partial charge in [0.25, 0.3) is 0 Å². The zero-order valence-corrected chi connectivity index (χ0v) is 34.4. The van der Waals surface area contributed by atoms with Crippen LogP contribution in [0.3, 0.4) is 0 Å². The first-order valence-corrected chi connectivity index (χ1v) is 20.9. The van der Waals surface area contributed by atoms with E-state index in [9.17, 15) is 14.7 Å². The van der Waals surface area contributed by atoms with E-state index in [0.717, 1.165) is 54.5 Å². The van der Waals surface area contributed by atoms with Gasteiger partial charge in [-0.2, -0.15) is 0 Å². The van der Waals surface area contributed by atoms with Crippen molar-refractivity contribution in [3.63, 3.8) is 0 Å². The molecule has 1 spiro atoms. The second kappa shape index (κ2) is 13.8. The lowest BCUT2D eigenvalue weighted by Gasteiger charge is -2.63. The highest BCUT2D eigenvalue weighted by Gasteiger charge is 2.80. The molecule has 1 unspecified atom stereocenters. The number of carbonyl (C=O) groups excluding carboxylic acids is 3. The number of benzene rings is 2. The fourth-order valence-corrected chi connectivity index (χ4v) is 13.4. The molecule has 1 aromatic heterocycles. The van der Waals surface area contributed by atoms with Crippen molar-refractivity contribution in [3.8, 4) is 5.75 Å². The minimum absolute atomic E-state index is 0.0199. The molecule has 3 aromatic rings. The standard InChI is InChI=1S/C46H58N4O8/c1-8-28-21-29-24-45(41(52)56-6,37-31(15-19-49(25-28)26-29)30-13-10-11-14-34(30)47-37)33-22-32-35(23-36(33)55-5)48(4)39-44(32)17-20-50-18-12-16-43(9-2,38(44)50)40(58-27(3)51)46(39,54)42(53)57-7/h10-14,16,22-23,28-29,38-40,47,54H,8-9,15,17-21,24-26H2,1-7H3/t28-,29+,38-,39+,40-,43+,44+,45-,46-/m0/s1/i6D3. The van der Waals surface area contributed by atoms with E-state index in [1.54, 1.807) is 0 Å². The second-order valence-electron chi connectivity index (χ2n) is 17.9. The number of para-hydroxylation sites is 1. The van der Waals surface area contributed by atoms with Gasteiger partial charge >= 0.3 is 17.9 Å². The number of ether oxygens (including phenoxy) is 4. The van der Waals surface area contributed by atoms with Crippen LogP contribution in [-0.4, -0.2) is 123 Å². The van der Waals surface area contributed by atoms with Gasteiger partial charge in [0.05, 0.1) is 31.4 Å². The number of nitrogens with zero attached hydrogens (tertiary/aromatic N) is 3. The lowest BCUT2D eigenvalue weighted by Crippen LogP contribution is -2.81. The predicted octanol–water partition coefficient (Wildman–Crippen LogP) is 4.88. The van der Waals surface area contributed by atoms with Crippen LogP contribution in [0.4, 0.5) is 5.69 Å². The van der Waals surface area contributed by atoms with Gasteiger partial charge in [0, 0.05) is 90.9 Å². The summed E-state index contributed by atoms with van der Waals surface area (Å²) in [6, 6.07) is 10.4. The van der Waals surface area contributed by atoms with E-state index in [1.807, 2.05) is 67.4 Å². The third-order valence-corrected chi connectivity index (χ3v) is 15.4. The summed E-state index contributed by atoms with van der Waals surface area (Å²) in [5.41, 5.74) is -1.83. The molecule has 6 aliphatic rings. The van der Waals surface area contributed by atoms with Crippen LogP contribution in [0.15, 0.2) is 48.6 Å². The van der Waals surface area contributed by atoms with Gasteiger partial charge < -0.3 is 38.8 Å². The quantitative estimate of drug-likeness (QED) is 0.193. The molecule has 10 atom stereocenters. The van der Waals surface area contributed by atoms with Gasteiger partial charge in [0.1, 0.15) is 11.2 Å². The lowest BCUT2D eigenvalue weighted by molar-refractivity contribution is -0.228. The highest BCUT2D eigenvalue weighted by molar-refractivity contribution is 5.95. The normalized spacial score (nSPS) is 37.1. The molecule has 0 radical (unpaired) electrons. The second-order valence-corrected chi connectivity index (χ2v) is 17.9. The van der Waals surface area contributed by atoms with E-state index in [1.165, 1.54) is 21.1 Å². The maximum Gasteiger partial charge on any atom is 0.344 e. The number of aromatic amines is 1. The number of aliphatic hydroxyl groups is 1. The summed E-state index contributed by atoms with van der Waals surface area (Å²) in [4.78, 5) is 53.5. The van der Waals surface area contributed by atoms with E-state index < -0.39 is 58.9 Å². The van der Waals surface area contributed by atoms with Gasteiger partial charge in [-0.05, 0) is 73.7 Å². The summed E-state index contributed by atoms with van der Waals surface area (Å²) in [6.45, 7) is 9.13. The molecule has 2 aromatic carbocycles. The fraction of sp³-hybridized carbons (Fsp3) is 0.587. The molecule has 5 aliphatic heterocycles. The Morgan fingerprint density at radius 3 is 2.57 bits per heavy atom. The van der Waals surface area contributed by atoms with Gasteiger partial charge in [0.2, 0.25) is 5.60 Å². The SMILES string of the molecule is [2H]C([2H])([2H])OC(=O)[C@]1(c2cc3c(cc2OC)N(C)[C@H]2[C@@](O)(C(=O)OC)[C@@H](OC(C)=O)[C@]4(CC)C=CCN5CC[C@]32[C@@H]54)C[C@H]2C[C@H](CC)CN(CCc3c1[nH]c1ccccc31)C2. The number of nitrogens with one attached hydrogen (secondary N) is 1. The number of hydrogen-bond acceptors (Lipinski definition) is 11. The Balaban J connectivity index is 1.38. The topological polar surface area (TPSA) is 134 Å². The van der Waals surface area contributed by atoms with E-state index in [0.29, 0.717) is 61.0 Å². The summed E-state index contributed by atoms with van der Waals surface area (Å²) in [6.07, 6.45) is 6.34. The third kappa shape index (κ3) is 5.00. The number of hydrogen-bond donors (Lipinski definition) is 2. The molecule has 310 valence electrons. The van der Waals surface area contributed by atoms with E-state index >= 15 is 4.79 Å². The molecular formula is C46H58N4O8. The highest BCUT2D eigenvalue weighted by atomic mass is 16.6. The van der Waals surface area contributed by atoms with E-state index in [-0.39, 0.29) is 18.4 Å². The average Bonchev–Trinajstić information content (AvgIpc) is 3.89. The number of fused-ring (bicyclic) bond motifs is 6. The van der Waals surface area contributed by atoms with Crippen LogP contribution >= 0.6 is 0 Å². The van der Waals surface area contributed by atoms with Crippen molar-refractivity contribution >= 4 is 34.5 Å². The largest absolute Gasteiger partial charge is 0.496 e. The van der Waals surface area contributed by atoms with Crippen LogP contribution in [-0.2, 0) is 45.8 Å². The van der Waals surface area contributed by atoms with Crippen LogP contribution in [0.25, 0.3) is 10.9 Å². The third-order valence-electron chi connectivity index (χ3n) is 15.4. The Morgan fingerprint density at radius 2 is 1.84 bits per heavy atom. The Morgan fingerprint density at radius 1 is 1.03 bits per heavy atom. The zero-order valence-electron chi connectivity index (χ0n) is 37.4. The van der Waals surface area contributed by atoms with Crippen LogP contribution in [0.1, 0.15) is 79.4 Å². The summed E-state index contributed by atoms with van der Waals surface area (Å²) < 4.78 is 48.6. The van der Waals surface area contributed by atoms with Crippen LogP contribution in [0.5, 0.6) is 5.75 Å². The molecule has 9 rings (SSSR count). The van der Waals surface area contributed by atoms with Gasteiger partial charge in [-0.3, -0.25) is 14.5 Å². The molecule has 58 heavy (non-hydrogen) atoms. The van der Waals surface area contributed by atoms with Crippen molar-refractivity contribution in [2.75, 3.05) is 65.9 Å². The average molecular weight is 798 g/mol. The van der Waals surface area contributed by atoms with Gasteiger partial charge in [-0.15, -0.1) is 0 Å². The molecule has 1 saturated carbocycles. The Bertz CT molecular complexity index is 2310. The molecule has 3 fully saturated rings. The van der Waals surface area contributed by atoms with Gasteiger partial charge in [-0.1, -0.05) is 50.6 Å². The number of carbonyl (C=O) groups is 3. The van der Waals surface area contributed by atoms with Crippen LogP contribution in [0, 0.1) is 17.3 Å². The van der Waals surface area contributed by atoms with Crippen molar-refractivity contribution in [2.24, 2.45) is 17.3 Å². The summed E-state index contributed by atoms with van der Waals surface area (Å²) in [7, 11) is 1.54. The summed E-state index contributed by atoms with van der Waals surface area (Å²) in [5.74, 6) is -1.74. The van der Waals surface area contributed by atoms with Crippen molar-refractivity contribution in [2.45, 2.75) is 93.9 Å². The predicted molar refractivity (Wildman–Crippen MR) is 219 cm³/mol. The summed E-state index contributed by atoms with van der Waals surface area (Å²) in [5, 5.41) is 14.3. The Hall–Kier alpha value is -4.39. The molecule has 12 heteroatoms. The number of methoxy groups -OCH3 is 3. The molecule has 2 bridgehead atoms. The smallest absolute Gasteiger partial charge is 0.344 e. The number of aromatic nitrogens is 1. The fourth-order valence-electron chi connectivity index (χ4n) is 13.4. The molecule has 2 N–H and O–H groups in total. The number of likely N-dealkylation sites (N-methyl/N-ethyl adjacent to an activating group) is 1. The molecular weight excluding hydrogens is 737 g/mol. The minimum Gasteiger partial charge on any atom is -0.496 e. The van der Waals surface area contributed by atoms with Gasteiger partial charge in [0.15, 0.2) is 6.10 Å². The van der Waals surface area contributed by atoms with Crippen molar-refractivity contribution in [3.05, 3.63) is 70.9 Å². The Kier molecular flexibility index (Phi) is 8.48. The van der Waals surface area contributed by atoms with Crippen LogP contribution in [0.2, 0.25) is 0 Å². The van der Waals surface area contributed by atoms with Crippen molar-refractivity contribution in [1.82, 2.24) is 14.8 Å². The molecule has 0 amide bonds. The molecule has 12 nitrogen and oxygen atoms in total. The first kappa shape index (κ1) is 35.5. The molecule has 6 heterocycles. The monoisotopic (exact) mass is 797 g/mol. The Labute approximate surface area is 345 Å². The number of anilines is 1. The number of piperidine rings is 1. The number of H-pyrrole nitrogens is 1. The van der Waals surface area contributed by atoms with Crippen LogP contribution < -0.4 is 9.64 Å². The van der Waals surface area contributed by atoms with E-state index in [4.69, 9.17) is 23.1 Å². The maximum atomic E-state index is 15.6.